The molecule has 4 heterocycles. The van der Waals surface area contributed by atoms with Gasteiger partial charge in [0.05, 0.1) is 0 Å². The van der Waals surface area contributed by atoms with Crippen molar-refractivity contribution in [3.05, 3.63) is 71.2 Å². The minimum atomic E-state index is -4.65. The highest BCUT2D eigenvalue weighted by Gasteiger charge is 2.60. The first-order valence-corrected chi connectivity index (χ1v) is 13.5. The highest BCUT2D eigenvalue weighted by atomic mass is 19.4. The monoisotopic (exact) mass is 550 g/mol. The minimum Gasteiger partial charge on any atom is -0.381 e. The number of nitrogens with zero attached hydrogens (tertiary/aromatic N) is 3. The van der Waals surface area contributed by atoms with E-state index in [9.17, 15) is 22.8 Å². The number of benzene rings is 1. The number of pyridine rings is 2. The van der Waals surface area contributed by atoms with Crippen molar-refractivity contribution in [2.24, 2.45) is 11.3 Å². The molecule has 6 rings (SSSR count). The molecule has 2 fully saturated rings. The average molecular weight is 551 g/mol. The molecule has 1 spiro atoms. The summed E-state index contributed by atoms with van der Waals surface area (Å²) in [7, 11) is 0. The Balaban J connectivity index is 1.34. The van der Waals surface area contributed by atoms with Crippen LogP contribution in [0.4, 0.5) is 24.7 Å². The van der Waals surface area contributed by atoms with E-state index in [-0.39, 0.29) is 28.7 Å². The number of hydrogen-bond donors (Lipinski definition) is 1. The molecule has 1 aliphatic carbocycles. The van der Waals surface area contributed by atoms with Gasteiger partial charge in [0.25, 0.3) is 5.91 Å². The Labute approximate surface area is 229 Å². The van der Waals surface area contributed by atoms with E-state index in [4.69, 9.17) is 9.72 Å². The number of carbonyl (C=O) groups is 2. The number of ether oxygens (including phenoxy) is 1. The van der Waals surface area contributed by atoms with Gasteiger partial charge in [-0.05, 0) is 80.0 Å². The third-order valence-corrected chi connectivity index (χ3v) is 8.68. The van der Waals surface area contributed by atoms with Gasteiger partial charge >= 0.3 is 6.18 Å². The van der Waals surface area contributed by atoms with Gasteiger partial charge in [0.1, 0.15) is 11.5 Å². The number of rotatable bonds is 4. The van der Waals surface area contributed by atoms with Crippen LogP contribution in [0.1, 0.15) is 59.3 Å². The van der Waals surface area contributed by atoms with Gasteiger partial charge in [0.15, 0.2) is 0 Å². The molecule has 208 valence electrons. The van der Waals surface area contributed by atoms with E-state index >= 15 is 0 Å². The van der Waals surface area contributed by atoms with Gasteiger partial charge in [0.2, 0.25) is 5.91 Å². The Morgan fingerprint density at radius 3 is 2.65 bits per heavy atom. The Morgan fingerprint density at radius 2 is 1.93 bits per heavy atom. The molecule has 2 unspecified atom stereocenters. The van der Waals surface area contributed by atoms with Crippen molar-refractivity contribution < 1.29 is 27.5 Å². The second-order valence-corrected chi connectivity index (χ2v) is 10.9. The highest BCUT2D eigenvalue weighted by molar-refractivity contribution is 6.04. The number of aryl methyl sites for hydroxylation is 1. The highest BCUT2D eigenvalue weighted by Crippen LogP contribution is 2.65. The maximum absolute atomic E-state index is 13.3. The summed E-state index contributed by atoms with van der Waals surface area (Å²) in [5.41, 5.74) is 2.95. The van der Waals surface area contributed by atoms with Crippen LogP contribution in [0, 0.1) is 18.3 Å². The van der Waals surface area contributed by atoms with E-state index in [1.165, 1.54) is 6.07 Å². The van der Waals surface area contributed by atoms with E-state index in [1.54, 1.807) is 23.2 Å². The average Bonchev–Trinajstić information content (AvgIpc) is 2.93. The zero-order chi connectivity index (χ0) is 28.2. The molecule has 7 nitrogen and oxygen atoms in total. The Hall–Kier alpha value is -3.79. The Morgan fingerprint density at radius 1 is 1.15 bits per heavy atom. The summed E-state index contributed by atoms with van der Waals surface area (Å²) in [5.74, 6) is 0.219. The molecule has 2 amide bonds. The molecule has 2 atom stereocenters. The van der Waals surface area contributed by atoms with Gasteiger partial charge in [-0.2, -0.15) is 13.2 Å². The predicted octanol–water partition coefficient (Wildman–Crippen LogP) is 5.99. The summed E-state index contributed by atoms with van der Waals surface area (Å²) in [5, 5.41) is 2.71. The summed E-state index contributed by atoms with van der Waals surface area (Å²) < 4.78 is 44.9. The molecule has 1 saturated heterocycles. The second-order valence-electron chi connectivity index (χ2n) is 10.9. The maximum atomic E-state index is 13.3. The van der Waals surface area contributed by atoms with Crippen molar-refractivity contribution in [1.29, 1.82) is 0 Å². The third kappa shape index (κ3) is 4.34. The molecule has 0 bridgehead atoms. The molecule has 2 aromatic heterocycles. The number of halogens is 3. The number of amides is 2. The molecule has 10 heteroatoms. The topological polar surface area (TPSA) is 84.4 Å². The molecule has 1 saturated carbocycles. The van der Waals surface area contributed by atoms with Gasteiger partial charge < -0.3 is 10.1 Å². The van der Waals surface area contributed by atoms with Gasteiger partial charge in [-0.1, -0.05) is 6.07 Å². The smallest absolute Gasteiger partial charge is 0.381 e. The third-order valence-electron chi connectivity index (χ3n) is 8.68. The number of aromatic nitrogens is 2. The first-order valence-electron chi connectivity index (χ1n) is 13.5. The van der Waals surface area contributed by atoms with Gasteiger partial charge in [-0.25, -0.2) is 4.98 Å². The lowest BCUT2D eigenvalue weighted by Crippen LogP contribution is -2.58. The maximum Gasteiger partial charge on any atom is 0.433 e. The molecule has 3 aliphatic rings. The number of alkyl halides is 3. The molecule has 0 radical (unpaired) electrons. The zero-order valence-corrected chi connectivity index (χ0v) is 22.2. The molecule has 40 heavy (non-hydrogen) atoms. The molecule has 2 aliphatic heterocycles. The minimum absolute atomic E-state index is 0.0398. The van der Waals surface area contributed by atoms with Crippen LogP contribution in [-0.2, 0) is 15.7 Å². The molecule has 1 N–H and O–H groups in total. The van der Waals surface area contributed by atoms with Crippen LogP contribution in [0.3, 0.4) is 0 Å². The summed E-state index contributed by atoms with van der Waals surface area (Å²) in [6.45, 7) is 5.84. The number of hydrogen-bond acceptors (Lipinski definition) is 5. The van der Waals surface area contributed by atoms with Crippen LogP contribution in [-0.4, -0.2) is 41.5 Å². The van der Waals surface area contributed by atoms with E-state index in [2.05, 4.69) is 16.4 Å². The number of nitrogens with one attached hydrogen (secondary N) is 1. The Bertz CT molecular complexity index is 1500. The zero-order valence-electron chi connectivity index (χ0n) is 22.2. The standard InChI is InChI=1S/C30H29F3N4O3/c1-3-37-26-22(25-23(28(37)39)15-29(25)7-10-40-11-8-29)12-19(16-35-26)21-14-20(5-4-17(21)2)36-27(38)18-6-9-34-24(13-18)30(31,32)33/h4-6,9,12-14,16,23,25H,3,7-8,10-11,15H2,1-2H3,(H,36,38). The van der Waals surface area contributed by atoms with Crippen LogP contribution in [0.5, 0.6) is 0 Å². The van der Waals surface area contributed by atoms with E-state index < -0.39 is 17.8 Å². The second kappa shape index (κ2) is 9.69. The van der Waals surface area contributed by atoms with Crippen LogP contribution in [0.15, 0.2) is 48.8 Å². The van der Waals surface area contributed by atoms with Gasteiger partial charge in [-0.15, -0.1) is 0 Å². The SMILES string of the molecule is CCN1C(=O)C2CC3(CCOCC3)C2c2cc(-c3cc(NC(=O)c4ccnc(C(F)(F)F)c4)ccc3C)cnc21. The van der Waals surface area contributed by atoms with Gasteiger partial charge in [-0.3, -0.25) is 19.5 Å². The number of carbonyl (C=O) groups excluding carboxylic acids is 2. The number of anilines is 2. The van der Waals surface area contributed by atoms with Crippen molar-refractivity contribution in [2.75, 3.05) is 30.0 Å². The summed E-state index contributed by atoms with van der Waals surface area (Å²) in [4.78, 5) is 36.0. The summed E-state index contributed by atoms with van der Waals surface area (Å²) in [6, 6.07) is 9.47. The van der Waals surface area contributed by atoms with Crippen LogP contribution in [0.2, 0.25) is 0 Å². The largest absolute Gasteiger partial charge is 0.433 e. The fourth-order valence-corrected chi connectivity index (χ4v) is 6.65. The summed E-state index contributed by atoms with van der Waals surface area (Å²) in [6.07, 6.45) is 0.780. The molecular formula is C30H29F3N4O3. The van der Waals surface area contributed by atoms with Crippen LogP contribution >= 0.6 is 0 Å². The van der Waals surface area contributed by atoms with Crippen molar-refractivity contribution >= 4 is 23.3 Å². The lowest BCUT2D eigenvalue weighted by Gasteiger charge is -2.59. The van der Waals surface area contributed by atoms with Crippen LogP contribution < -0.4 is 10.2 Å². The van der Waals surface area contributed by atoms with Gasteiger partial charge in [0, 0.05) is 66.4 Å². The Kier molecular flexibility index (Phi) is 6.40. The lowest BCUT2D eigenvalue weighted by atomic mass is 9.47. The van der Waals surface area contributed by atoms with Crippen molar-refractivity contribution in [3.8, 4) is 11.1 Å². The fourth-order valence-electron chi connectivity index (χ4n) is 6.65. The van der Waals surface area contributed by atoms with E-state index in [1.807, 2.05) is 19.9 Å². The molecular weight excluding hydrogens is 521 g/mol. The first kappa shape index (κ1) is 26.4. The quantitative estimate of drug-likeness (QED) is 0.432. The van der Waals surface area contributed by atoms with Crippen molar-refractivity contribution in [2.45, 2.75) is 45.2 Å². The fraction of sp³-hybridized carbons (Fsp3) is 0.400. The molecule has 1 aromatic carbocycles. The first-order chi connectivity index (χ1) is 19.1. The normalized spacial score (nSPS) is 21.4. The predicted molar refractivity (Wildman–Crippen MR) is 143 cm³/mol. The van der Waals surface area contributed by atoms with E-state index in [0.717, 1.165) is 53.8 Å². The van der Waals surface area contributed by atoms with E-state index in [0.29, 0.717) is 31.3 Å². The summed E-state index contributed by atoms with van der Waals surface area (Å²) >= 11 is 0. The van der Waals surface area contributed by atoms with Crippen LogP contribution in [0.25, 0.3) is 11.1 Å². The molecule has 3 aromatic rings. The number of fused-ring (bicyclic) bond motifs is 4. The van der Waals surface area contributed by atoms with Crippen molar-refractivity contribution in [3.63, 3.8) is 0 Å². The van der Waals surface area contributed by atoms with Crippen molar-refractivity contribution in [1.82, 2.24) is 9.97 Å². The lowest BCUT2D eigenvalue weighted by molar-refractivity contribution is -0.142.